The summed E-state index contributed by atoms with van der Waals surface area (Å²) in [6.07, 6.45) is 2.23. The first-order valence-corrected chi connectivity index (χ1v) is 6.78. The molecule has 0 unspecified atom stereocenters. The number of nitrogens with two attached hydrogens (primary N) is 1. The van der Waals surface area contributed by atoms with Crippen molar-refractivity contribution in [2.45, 2.75) is 19.9 Å². The van der Waals surface area contributed by atoms with E-state index >= 15 is 0 Å². The van der Waals surface area contributed by atoms with Gasteiger partial charge in [0.2, 0.25) is 0 Å². The fourth-order valence-corrected chi connectivity index (χ4v) is 2.08. The molecule has 0 fully saturated rings. The van der Waals surface area contributed by atoms with Crippen LogP contribution in [-0.4, -0.2) is 17.4 Å². The zero-order valence-corrected chi connectivity index (χ0v) is 11.9. The largest absolute Gasteiger partial charge is 0.352 e. The van der Waals surface area contributed by atoms with Crippen LogP contribution in [0.25, 0.3) is 0 Å². The maximum Gasteiger partial charge on any atom is 0.251 e. The molecule has 2 aromatic rings. The SMILES string of the molecule is Cc1cc(F)ccc1CCNC(=O)c1ccnc(CN)c1. The minimum absolute atomic E-state index is 0.160. The number of hydrogen-bond donors (Lipinski definition) is 2. The Balaban J connectivity index is 1.92. The Morgan fingerprint density at radius 2 is 2.14 bits per heavy atom. The second-order valence-electron chi connectivity index (χ2n) is 4.82. The molecule has 0 radical (unpaired) electrons. The summed E-state index contributed by atoms with van der Waals surface area (Å²) in [4.78, 5) is 16.0. The molecule has 0 aliphatic carbocycles. The molecular formula is C16H18FN3O. The van der Waals surface area contributed by atoms with Crippen LogP contribution < -0.4 is 11.1 Å². The first-order chi connectivity index (χ1) is 10.1. The van der Waals surface area contributed by atoms with E-state index in [9.17, 15) is 9.18 Å². The lowest BCUT2D eigenvalue weighted by Crippen LogP contribution is -2.26. The number of rotatable bonds is 5. The Morgan fingerprint density at radius 3 is 2.86 bits per heavy atom. The highest BCUT2D eigenvalue weighted by Crippen LogP contribution is 2.10. The highest BCUT2D eigenvalue weighted by atomic mass is 19.1. The van der Waals surface area contributed by atoms with Gasteiger partial charge in [-0.25, -0.2) is 4.39 Å². The molecule has 0 aliphatic rings. The molecular weight excluding hydrogens is 269 g/mol. The molecule has 0 bridgehead atoms. The average Bonchev–Trinajstić information content (AvgIpc) is 2.49. The number of halogens is 1. The van der Waals surface area contributed by atoms with Gasteiger partial charge in [-0.1, -0.05) is 6.07 Å². The van der Waals surface area contributed by atoms with Crippen LogP contribution in [0, 0.1) is 12.7 Å². The standard InChI is InChI=1S/C16H18FN3O/c1-11-8-14(17)3-2-12(11)4-7-20-16(21)13-5-6-19-15(9-13)10-18/h2-3,5-6,8-9H,4,7,10,18H2,1H3,(H,20,21). The molecule has 0 saturated heterocycles. The molecule has 2 rings (SSSR count). The van der Waals surface area contributed by atoms with Gasteiger partial charge in [-0.2, -0.15) is 0 Å². The zero-order valence-electron chi connectivity index (χ0n) is 11.9. The van der Waals surface area contributed by atoms with Crippen LogP contribution in [0.5, 0.6) is 0 Å². The summed E-state index contributed by atoms with van der Waals surface area (Å²) in [5, 5.41) is 2.84. The van der Waals surface area contributed by atoms with Crippen molar-refractivity contribution < 1.29 is 9.18 Å². The summed E-state index contributed by atoms with van der Waals surface area (Å²) in [6, 6.07) is 8.00. The molecule has 1 amide bonds. The van der Waals surface area contributed by atoms with E-state index in [1.54, 1.807) is 24.4 Å². The van der Waals surface area contributed by atoms with E-state index in [0.717, 1.165) is 11.1 Å². The second kappa shape index (κ2) is 6.95. The summed E-state index contributed by atoms with van der Waals surface area (Å²) in [5.41, 5.74) is 8.63. The summed E-state index contributed by atoms with van der Waals surface area (Å²) in [6.45, 7) is 2.65. The Labute approximate surface area is 123 Å². The van der Waals surface area contributed by atoms with Gasteiger partial charge in [-0.05, 0) is 48.7 Å². The fourth-order valence-electron chi connectivity index (χ4n) is 2.08. The monoisotopic (exact) mass is 287 g/mol. The summed E-state index contributed by atoms with van der Waals surface area (Å²) in [7, 11) is 0. The van der Waals surface area contributed by atoms with Crippen molar-refractivity contribution in [3.8, 4) is 0 Å². The molecule has 3 N–H and O–H groups in total. The van der Waals surface area contributed by atoms with E-state index in [1.165, 1.54) is 12.1 Å². The molecule has 0 saturated carbocycles. The number of hydrogen-bond acceptors (Lipinski definition) is 3. The Morgan fingerprint density at radius 1 is 1.33 bits per heavy atom. The van der Waals surface area contributed by atoms with Crippen LogP contribution >= 0.6 is 0 Å². The first-order valence-electron chi connectivity index (χ1n) is 6.78. The normalized spacial score (nSPS) is 10.4. The van der Waals surface area contributed by atoms with Crippen molar-refractivity contribution >= 4 is 5.91 Å². The Bertz CT molecular complexity index is 643. The van der Waals surface area contributed by atoms with E-state index in [1.807, 2.05) is 6.92 Å². The number of nitrogens with one attached hydrogen (secondary N) is 1. The molecule has 1 aromatic carbocycles. The molecule has 4 nitrogen and oxygen atoms in total. The van der Waals surface area contributed by atoms with Crippen LogP contribution in [0.1, 0.15) is 27.2 Å². The Hall–Kier alpha value is -2.27. The smallest absolute Gasteiger partial charge is 0.251 e. The van der Waals surface area contributed by atoms with Gasteiger partial charge in [0.15, 0.2) is 0 Å². The number of pyridine rings is 1. The molecule has 110 valence electrons. The van der Waals surface area contributed by atoms with Gasteiger partial charge in [-0.3, -0.25) is 9.78 Å². The molecule has 0 atom stereocenters. The maximum absolute atomic E-state index is 13.0. The van der Waals surface area contributed by atoms with Crippen LogP contribution in [0.15, 0.2) is 36.5 Å². The molecule has 0 spiro atoms. The van der Waals surface area contributed by atoms with Gasteiger partial charge in [0.1, 0.15) is 5.82 Å². The molecule has 0 aliphatic heterocycles. The lowest BCUT2D eigenvalue weighted by molar-refractivity contribution is 0.0954. The van der Waals surface area contributed by atoms with Crippen molar-refractivity contribution in [1.82, 2.24) is 10.3 Å². The van der Waals surface area contributed by atoms with Gasteiger partial charge in [-0.15, -0.1) is 0 Å². The van der Waals surface area contributed by atoms with Crippen molar-refractivity contribution in [3.63, 3.8) is 0 Å². The number of benzene rings is 1. The molecule has 5 heteroatoms. The minimum Gasteiger partial charge on any atom is -0.352 e. The van der Waals surface area contributed by atoms with Crippen LogP contribution in [0.4, 0.5) is 4.39 Å². The van der Waals surface area contributed by atoms with E-state index in [0.29, 0.717) is 30.8 Å². The van der Waals surface area contributed by atoms with E-state index in [-0.39, 0.29) is 11.7 Å². The van der Waals surface area contributed by atoms with E-state index < -0.39 is 0 Å². The highest BCUT2D eigenvalue weighted by molar-refractivity contribution is 5.94. The quantitative estimate of drug-likeness (QED) is 0.883. The summed E-state index contributed by atoms with van der Waals surface area (Å²) >= 11 is 0. The third kappa shape index (κ3) is 4.10. The number of aromatic nitrogens is 1. The van der Waals surface area contributed by atoms with Crippen LogP contribution in [0.3, 0.4) is 0 Å². The average molecular weight is 287 g/mol. The first kappa shape index (κ1) is 15.1. The van der Waals surface area contributed by atoms with Gasteiger partial charge >= 0.3 is 0 Å². The fraction of sp³-hybridized carbons (Fsp3) is 0.250. The summed E-state index contributed by atoms with van der Waals surface area (Å²) < 4.78 is 13.0. The number of nitrogens with zero attached hydrogens (tertiary/aromatic N) is 1. The van der Waals surface area contributed by atoms with E-state index in [2.05, 4.69) is 10.3 Å². The molecule has 21 heavy (non-hydrogen) atoms. The Kier molecular flexibility index (Phi) is 5.00. The summed E-state index contributed by atoms with van der Waals surface area (Å²) in [5.74, 6) is -0.404. The second-order valence-corrected chi connectivity index (χ2v) is 4.82. The lowest BCUT2D eigenvalue weighted by atomic mass is 10.1. The van der Waals surface area contributed by atoms with Crippen molar-refractivity contribution in [2.24, 2.45) is 5.73 Å². The van der Waals surface area contributed by atoms with Crippen molar-refractivity contribution in [2.75, 3.05) is 6.54 Å². The molecule has 1 aromatic heterocycles. The molecule has 1 heterocycles. The van der Waals surface area contributed by atoms with Gasteiger partial charge in [0.25, 0.3) is 5.91 Å². The van der Waals surface area contributed by atoms with Crippen molar-refractivity contribution in [1.29, 1.82) is 0 Å². The van der Waals surface area contributed by atoms with Crippen LogP contribution in [-0.2, 0) is 13.0 Å². The van der Waals surface area contributed by atoms with Crippen molar-refractivity contribution in [3.05, 3.63) is 64.7 Å². The van der Waals surface area contributed by atoms with E-state index in [4.69, 9.17) is 5.73 Å². The minimum atomic E-state index is -0.244. The predicted molar refractivity (Wildman–Crippen MR) is 79.3 cm³/mol. The zero-order chi connectivity index (χ0) is 15.2. The number of amides is 1. The predicted octanol–water partition coefficient (Wildman–Crippen LogP) is 1.96. The van der Waals surface area contributed by atoms with Gasteiger partial charge in [0, 0.05) is 24.8 Å². The number of carbonyl (C=O) groups is 1. The van der Waals surface area contributed by atoms with Gasteiger partial charge in [0.05, 0.1) is 5.69 Å². The third-order valence-corrected chi connectivity index (χ3v) is 3.27. The highest BCUT2D eigenvalue weighted by Gasteiger charge is 2.06. The maximum atomic E-state index is 13.0. The number of aryl methyl sites for hydroxylation is 1. The lowest BCUT2D eigenvalue weighted by Gasteiger charge is -2.08. The third-order valence-electron chi connectivity index (χ3n) is 3.27. The topological polar surface area (TPSA) is 68.0 Å². The van der Waals surface area contributed by atoms with Crippen LogP contribution in [0.2, 0.25) is 0 Å². The number of carbonyl (C=O) groups excluding carboxylic acids is 1. The van der Waals surface area contributed by atoms with Gasteiger partial charge < -0.3 is 11.1 Å².